The van der Waals surface area contributed by atoms with E-state index in [0.29, 0.717) is 18.5 Å². The third-order valence-electron chi connectivity index (χ3n) is 3.51. The molecule has 2 rings (SSSR count). The van der Waals surface area contributed by atoms with Crippen molar-refractivity contribution in [2.45, 2.75) is 38.6 Å². The van der Waals surface area contributed by atoms with Crippen LogP contribution in [0.5, 0.6) is 0 Å². The molecule has 3 heteroatoms. The van der Waals surface area contributed by atoms with Crippen molar-refractivity contribution in [3.05, 3.63) is 0 Å². The average molecular weight is 182 g/mol. The van der Waals surface area contributed by atoms with Crippen molar-refractivity contribution in [1.29, 1.82) is 0 Å². The van der Waals surface area contributed by atoms with Gasteiger partial charge in [0.15, 0.2) is 0 Å². The lowest BCUT2D eigenvalue weighted by Crippen LogP contribution is -2.41. The molecule has 3 unspecified atom stereocenters. The SMILES string of the molecule is CC1CCC(C)C2(COC(N)=N2)C1. The van der Waals surface area contributed by atoms with Crippen LogP contribution in [0.3, 0.4) is 0 Å². The molecule has 1 heterocycles. The molecule has 0 amide bonds. The van der Waals surface area contributed by atoms with Crippen LogP contribution in [0.2, 0.25) is 0 Å². The van der Waals surface area contributed by atoms with E-state index in [0.717, 1.165) is 12.3 Å². The van der Waals surface area contributed by atoms with Gasteiger partial charge in [-0.3, -0.25) is 0 Å². The molecule has 2 N–H and O–H groups in total. The second-order valence-electron chi connectivity index (χ2n) is 4.63. The molecule has 0 radical (unpaired) electrons. The van der Waals surface area contributed by atoms with Gasteiger partial charge in [-0.05, 0) is 24.7 Å². The van der Waals surface area contributed by atoms with Crippen LogP contribution in [0.25, 0.3) is 0 Å². The largest absolute Gasteiger partial charge is 0.463 e. The second-order valence-corrected chi connectivity index (χ2v) is 4.63. The van der Waals surface area contributed by atoms with E-state index in [1.807, 2.05) is 0 Å². The number of hydrogen-bond acceptors (Lipinski definition) is 3. The standard InChI is InChI=1S/C10H18N2O/c1-7-3-4-8(2)10(5-7)6-13-9(11)12-10/h7-8H,3-6H2,1-2H3,(H2,11,12). The number of nitrogens with zero attached hydrogens (tertiary/aromatic N) is 1. The molecule has 1 aliphatic heterocycles. The highest BCUT2D eigenvalue weighted by molar-refractivity contribution is 5.73. The van der Waals surface area contributed by atoms with Gasteiger partial charge in [-0.1, -0.05) is 20.3 Å². The lowest BCUT2D eigenvalue weighted by atomic mass is 9.71. The summed E-state index contributed by atoms with van der Waals surface area (Å²) in [6, 6.07) is 0.390. The molecule has 0 aromatic heterocycles. The zero-order valence-corrected chi connectivity index (χ0v) is 8.42. The highest BCUT2D eigenvalue weighted by atomic mass is 16.5. The van der Waals surface area contributed by atoms with Crippen molar-refractivity contribution in [3.63, 3.8) is 0 Å². The lowest BCUT2D eigenvalue weighted by Gasteiger charge is -2.38. The van der Waals surface area contributed by atoms with Crippen molar-refractivity contribution in [1.82, 2.24) is 0 Å². The molecule has 74 valence electrons. The molecular weight excluding hydrogens is 164 g/mol. The van der Waals surface area contributed by atoms with Crippen molar-refractivity contribution in [2.24, 2.45) is 22.6 Å². The third kappa shape index (κ3) is 1.40. The number of amidine groups is 1. The first-order chi connectivity index (χ1) is 6.12. The van der Waals surface area contributed by atoms with E-state index in [9.17, 15) is 0 Å². The Morgan fingerprint density at radius 3 is 2.85 bits per heavy atom. The number of hydrogen-bond donors (Lipinski definition) is 1. The highest BCUT2D eigenvalue weighted by Crippen LogP contribution is 2.41. The van der Waals surface area contributed by atoms with E-state index >= 15 is 0 Å². The Labute approximate surface area is 79.4 Å². The molecule has 0 bridgehead atoms. The molecule has 1 fully saturated rings. The second kappa shape index (κ2) is 2.89. The molecular formula is C10H18N2O. The van der Waals surface area contributed by atoms with Gasteiger partial charge in [0, 0.05) is 0 Å². The molecule has 0 aromatic carbocycles. The van der Waals surface area contributed by atoms with E-state index in [2.05, 4.69) is 18.8 Å². The van der Waals surface area contributed by atoms with Crippen LogP contribution in [0, 0.1) is 11.8 Å². The van der Waals surface area contributed by atoms with E-state index in [4.69, 9.17) is 10.5 Å². The summed E-state index contributed by atoms with van der Waals surface area (Å²) in [5.74, 6) is 1.37. The summed E-state index contributed by atoms with van der Waals surface area (Å²) in [6.45, 7) is 5.25. The molecule has 13 heavy (non-hydrogen) atoms. The predicted octanol–water partition coefficient (Wildman–Crippen LogP) is 1.53. The normalized spacial score (nSPS) is 44.6. The van der Waals surface area contributed by atoms with Crippen LogP contribution in [0.1, 0.15) is 33.1 Å². The van der Waals surface area contributed by atoms with E-state index in [-0.39, 0.29) is 5.54 Å². The van der Waals surface area contributed by atoms with Crippen molar-refractivity contribution < 1.29 is 4.74 Å². The summed E-state index contributed by atoms with van der Waals surface area (Å²) in [4.78, 5) is 4.48. The molecule has 0 aromatic rings. The van der Waals surface area contributed by atoms with Gasteiger partial charge >= 0.3 is 0 Å². The first-order valence-electron chi connectivity index (χ1n) is 5.10. The first kappa shape index (κ1) is 8.85. The summed E-state index contributed by atoms with van der Waals surface area (Å²) < 4.78 is 5.29. The summed E-state index contributed by atoms with van der Waals surface area (Å²) in [7, 11) is 0. The summed E-state index contributed by atoms with van der Waals surface area (Å²) in [6.07, 6.45) is 3.70. The minimum absolute atomic E-state index is 0.0156. The fourth-order valence-electron chi connectivity index (χ4n) is 2.55. The van der Waals surface area contributed by atoms with Crippen LogP contribution in [-0.2, 0) is 4.74 Å². The summed E-state index contributed by atoms with van der Waals surface area (Å²) in [5, 5.41) is 0. The third-order valence-corrected chi connectivity index (χ3v) is 3.51. The van der Waals surface area contributed by atoms with Gasteiger partial charge in [-0.15, -0.1) is 0 Å². The predicted molar refractivity (Wildman–Crippen MR) is 52.5 cm³/mol. The minimum atomic E-state index is 0.0156. The maximum absolute atomic E-state index is 5.58. The highest BCUT2D eigenvalue weighted by Gasteiger charge is 2.44. The fraction of sp³-hybridized carbons (Fsp3) is 0.900. The average Bonchev–Trinajstić information content (AvgIpc) is 2.42. The number of nitrogens with two attached hydrogens (primary N) is 1. The van der Waals surface area contributed by atoms with E-state index < -0.39 is 0 Å². The van der Waals surface area contributed by atoms with Gasteiger partial charge < -0.3 is 10.5 Å². The van der Waals surface area contributed by atoms with Crippen LogP contribution in [0.4, 0.5) is 0 Å². The Hall–Kier alpha value is -0.730. The molecule has 3 atom stereocenters. The van der Waals surface area contributed by atoms with Gasteiger partial charge in [0.25, 0.3) is 6.02 Å². The van der Waals surface area contributed by atoms with Gasteiger partial charge in [0.1, 0.15) is 12.1 Å². The molecule has 1 aliphatic carbocycles. The van der Waals surface area contributed by atoms with Crippen LogP contribution in [-0.4, -0.2) is 18.2 Å². The monoisotopic (exact) mass is 182 g/mol. The van der Waals surface area contributed by atoms with Crippen molar-refractivity contribution >= 4 is 6.02 Å². The maximum Gasteiger partial charge on any atom is 0.282 e. The minimum Gasteiger partial charge on any atom is -0.463 e. The smallest absolute Gasteiger partial charge is 0.282 e. The Morgan fingerprint density at radius 1 is 1.46 bits per heavy atom. The summed E-state index contributed by atoms with van der Waals surface area (Å²) >= 11 is 0. The van der Waals surface area contributed by atoms with Crippen molar-refractivity contribution in [3.8, 4) is 0 Å². The molecule has 1 saturated carbocycles. The number of rotatable bonds is 0. The quantitative estimate of drug-likeness (QED) is 0.617. The van der Waals surface area contributed by atoms with Crippen LogP contribution in [0.15, 0.2) is 4.99 Å². The first-order valence-corrected chi connectivity index (χ1v) is 5.10. The Balaban J connectivity index is 2.19. The number of aliphatic imine (C=N–C) groups is 1. The van der Waals surface area contributed by atoms with E-state index in [1.165, 1.54) is 12.8 Å². The Bertz CT molecular complexity index is 239. The Morgan fingerprint density at radius 2 is 2.23 bits per heavy atom. The fourth-order valence-corrected chi connectivity index (χ4v) is 2.55. The van der Waals surface area contributed by atoms with Crippen LogP contribution < -0.4 is 5.73 Å². The van der Waals surface area contributed by atoms with Gasteiger partial charge in [-0.2, -0.15) is 0 Å². The number of ether oxygens (including phenoxy) is 1. The van der Waals surface area contributed by atoms with E-state index in [1.54, 1.807) is 0 Å². The van der Waals surface area contributed by atoms with Crippen LogP contribution >= 0.6 is 0 Å². The Kier molecular flexibility index (Phi) is 1.97. The molecule has 3 nitrogen and oxygen atoms in total. The maximum atomic E-state index is 5.58. The van der Waals surface area contributed by atoms with Gasteiger partial charge in [0.2, 0.25) is 0 Å². The molecule has 2 aliphatic rings. The summed E-state index contributed by atoms with van der Waals surface area (Å²) in [5.41, 5.74) is 5.59. The topological polar surface area (TPSA) is 47.6 Å². The van der Waals surface area contributed by atoms with Gasteiger partial charge in [0.05, 0.1) is 0 Å². The zero-order valence-electron chi connectivity index (χ0n) is 8.42. The zero-order chi connectivity index (χ0) is 9.47. The lowest BCUT2D eigenvalue weighted by molar-refractivity contribution is 0.123. The molecule has 1 spiro atoms. The van der Waals surface area contributed by atoms with Gasteiger partial charge in [-0.25, -0.2) is 4.99 Å². The van der Waals surface area contributed by atoms with Crippen molar-refractivity contribution in [2.75, 3.05) is 6.61 Å². The molecule has 0 saturated heterocycles.